The van der Waals surface area contributed by atoms with Gasteiger partial charge in [0.15, 0.2) is 0 Å². The fraction of sp³-hybridized carbons (Fsp3) is 0.0455. The van der Waals surface area contributed by atoms with Crippen LogP contribution in [0.5, 0.6) is 0 Å². The topological polar surface area (TPSA) is 12.9 Å². The van der Waals surface area contributed by atoms with Gasteiger partial charge in [0.05, 0.1) is 5.69 Å². The van der Waals surface area contributed by atoms with E-state index < -0.39 is 0 Å². The van der Waals surface area contributed by atoms with E-state index in [1.165, 1.54) is 38.6 Å². The van der Waals surface area contributed by atoms with Crippen molar-refractivity contribution >= 4 is 10.8 Å². The molecule has 0 radical (unpaired) electrons. The van der Waals surface area contributed by atoms with Gasteiger partial charge in [0.25, 0.3) is 0 Å². The molecule has 1 aliphatic carbocycles. The first-order valence-corrected chi connectivity index (χ1v) is 7.95. The van der Waals surface area contributed by atoms with Gasteiger partial charge in [0.1, 0.15) is 0 Å². The van der Waals surface area contributed by atoms with Gasteiger partial charge in [-0.15, -0.1) is 0 Å². The Morgan fingerprint density at radius 3 is 2.48 bits per heavy atom. The number of hydrogen-bond donors (Lipinski definition) is 0. The minimum Gasteiger partial charge on any atom is -0.256 e. The number of aromatic nitrogens is 1. The highest BCUT2D eigenvalue weighted by Gasteiger charge is 2.19. The van der Waals surface area contributed by atoms with Crippen molar-refractivity contribution in [1.82, 2.24) is 4.98 Å². The van der Waals surface area contributed by atoms with Crippen LogP contribution in [-0.4, -0.2) is 4.98 Å². The molecule has 1 heterocycles. The molecule has 1 heteroatoms. The van der Waals surface area contributed by atoms with E-state index in [0.717, 1.165) is 12.1 Å². The molecule has 1 nitrogen and oxygen atoms in total. The van der Waals surface area contributed by atoms with E-state index in [1.807, 2.05) is 12.3 Å². The molecule has 0 aliphatic heterocycles. The molecule has 0 bridgehead atoms. The van der Waals surface area contributed by atoms with E-state index in [0.29, 0.717) is 0 Å². The molecular weight excluding hydrogens is 278 g/mol. The van der Waals surface area contributed by atoms with Gasteiger partial charge < -0.3 is 0 Å². The van der Waals surface area contributed by atoms with Gasteiger partial charge in [0.2, 0.25) is 0 Å². The average Bonchev–Trinajstić information content (AvgIpc) is 2.62. The Morgan fingerprint density at radius 2 is 1.57 bits per heavy atom. The Labute approximate surface area is 135 Å². The molecule has 0 spiro atoms. The van der Waals surface area contributed by atoms with Gasteiger partial charge in [-0.1, -0.05) is 54.6 Å². The third-order valence-corrected chi connectivity index (χ3v) is 4.70. The van der Waals surface area contributed by atoms with Crippen molar-refractivity contribution in [3.05, 3.63) is 90.1 Å². The van der Waals surface area contributed by atoms with Crippen molar-refractivity contribution in [3.8, 4) is 22.4 Å². The Hall–Kier alpha value is -2.93. The highest BCUT2D eigenvalue weighted by molar-refractivity contribution is 6.03. The second kappa shape index (κ2) is 4.79. The van der Waals surface area contributed by atoms with Crippen LogP contribution in [0.15, 0.2) is 79.0 Å². The lowest BCUT2D eigenvalue weighted by atomic mass is 9.84. The van der Waals surface area contributed by atoms with Crippen molar-refractivity contribution in [2.24, 2.45) is 0 Å². The second-order valence-electron chi connectivity index (χ2n) is 6.09. The van der Waals surface area contributed by atoms with E-state index in [4.69, 9.17) is 0 Å². The minimum absolute atomic E-state index is 0.970. The predicted molar refractivity (Wildman–Crippen MR) is 95.4 cm³/mol. The maximum absolute atomic E-state index is 4.68. The standard InChI is InChI=1S/C22H15N/c1-2-6-15(7-3-1)19-13-17-9-4-8-16-12-18-10-5-11-23-22(18)20(14-19)21(16)17/h1-11,13-14H,12H2. The highest BCUT2D eigenvalue weighted by Crippen LogP contribution is 2.40. The average molecular weight is 293 g/mol. The molecule has 1 aliphatic rings. The maximum atomic E-state index is 4.68. The van der Waals surface area contributed by atoms with Crippen LogP contribution in [0.25, 0.3) is 33.2 Å². The lowest BCUT2D eigenvalue weighted by molar-refractivity contribution is 1.15. The summed E-state index contributed by atoms with van der Waals surface area (Å²) in [6, 6.07) is 26.0. The van der Waals surface area contributed by atoms with Gasteiger partial charge in [-0.25, -0.2) is 0 Å². The first-order chi connectivity index (χ1) is 11.4. The molecule has 4 aromatic rings. The first-order valence-electron chi connectivity index (χ1n) is 7.95. The summed E-state index contributed by atoms with van der Waals surface area (Å²) in [5.74, 6) is 0. The van der Waals surface area contributed by atoms with Crippen LogP contribution >= 0.6 is 0 Å². The normalized spacial score (nSPS) is 12.2. The molecule has 0 amide bonds. The summed E-state index contributed by atoms with van der Waals surface area (Å²) in [5, 5.41) is 2.66. The van der Waals surface area contributed by atoms with Gasteiger partial charge in [-0.3, -0.25) is 4.98 Å². The Bertz CT molecular complexity index is 1030. The fourth-order valence-electron chi connectivity index (χ4n) is 3.67. The monoisotopic (exact) mass is 293 g/mol. The summed E-state index contributed by atoms with van der Waals surface area (Å²) in [7, 11) is 0. The molecule has 0 unspecified atom stereocenters. The zero-order chi connectivity index (χ0) is 15.2. The summed E-state index contributed by atoms with van der Waals surface area (Å²) in [6.45, 7) is 0. The van der Waals surface area contributed by atoms with E-state index in [2.05, 4.69) is 71.7 Å². The number of fused-ring (bicyclic) bond motifs is 2. The molecule has 5 rings (SSSR count). The lowest BCUT2D eigenvalue weighted by Gasteiger charge is -2.21. The third-order valence-electron chi connectivity index (χ3n) is 4.70. The molecule has 0 fully saturated rings. The van der Waals surface area contributed by atoms with E-state index in [9.17, 15) is 0 Å². The van der Waals surface area contributed by atoms with Crippen LogP contribution in [0.3, 0.4) is 0 Å². The predicted octanol–water partition coefficient (Wildman–Crippen LogP) is 5.47. The van der Waals surface area contributed by atoms with Crippen molar-refractivity contribution in [3.63, 3.8) is 0 Å². The number of nitrogens with zero attached hydrogens (tertiary/aromatic N) is 1. The van der Waals surface area contributed by atoms with Gasteiger partial charge in [0, 0.05) is 18.2 Å². The lowest BCUT2D eigenvalue weighted by Crippen LogP contribution is -2.03. The van der Waals surface area contributed by atoms with Gasteiger partial charge >= 0.3 is 0 Å². The van der Waals surface area contributed by atoms with E-state index in [-0.39, 0.29) is 0 Å². The summed E-state index contributed by atoms with van der Waals surface area (Å²) >= 11 is 0. The fourth-order valence-corrected chi connectivity index (χ4v) is 3.67. The maximum Gasteiger partial charge on any atom is 0.0743 e. The molecule has 0 saturated heterocycles. The number of pyridine rings is 1. The number of hydrogen-bond acceptors (Lipinski definition) is 1. The van der Waals surface area contributed by atoms with Crippen molar-refractivity contribution in [2.75, 3.05) is 0 Å². The van der Waals surface area contributed by atoms with Gasteiger partial charge in [-0.05, 0) is 51.2 Å². The smallest absolute Gasteiger partial charge is 0.0743 e. The number of rotatable bonds is 1. The molecule has 0 N–H and O–H groups in total. The van der Waals surface area contributed by atoms with Crippen LogP contribution in [0.1, 0.15) is 11.1 Å². The summed E-state index contributed by atoms with van der Waals surface area (Å²) in [4.78, 5) is 4.68. The molecule has 1 aromatic heterocycles. The molecule has 0 saturated carbocycles. The highest BCUT2D eigenvalue weighted by atomic mass is 14.7. The largest absolute Gasteiger partial charge is 0.256 e. The summed E-state index contributed by atoms with van der Waals surface area (Å²) in [5.41, 5.74) is 7.62. The Morgan fingerprint density at radius 1 is 0.696 bits per heavy atom. The minimum atomic E-state index is 0.970. The van der Waals surface area contributed by atoms with Crippen LogP contribution in [0.4, 0.5) is 0 Å². The summed E-state index contributed by atoms with van der Waals surface area (Å²) in [6.07, 6.45) is 2.87. The zero-order valence-electron chi connectivity index (χ0n) is 12.7. The molecular formula is C22H15N. The van der Waals surface area contributed by atoms with Crippen molar-refractivity contribution in [1.29, 1.82) is 0 Å². The third kappa shape index (κ3) is 1.90. The first kappa shape index (κ1) is 12.6. The quantitative estimate of drug-likeness (QED) is 0.399. The zero-order valence-corrected chi connectivity index (χ0v) is 12.7. The second-order valence-corrected chi connectivity index (χ2v) is 6.09. The SMILES string of the molecule is c1ccc(-c2cc3c4c(cccc4c2)Cc2cccnc2-3)cc1. The van der Waals surface area contributed by atoms with Crippen molar-refractivity contribution in [2.45, 2.75) is 6.42 Å². The van der Waals surface area contributed by atoms with Crippen LogP contribution in [-0.2, 0) is 6.42 Å². The van der Waals surface area contributed by atoms with Crippen molar-refractivity contribution < 1.29 is 0 Å². The summed E-state index contributed by atoms with van der Waals surface area (Å²) < 4.78 is 0. The van der Waals surface area contributed by atoms with Gasteiger partial charge in [-0.2, -0.15) is 0 Å². The molecule has 0 atom stereocenters. The molecule has 23 heavy (non-hydrogen) atoms. The Kier molecular flexibility index (Phi) is 2.62. The molecule has 108 valence electrons. The number of benzene rings is 3. The van der Waals surface area contributed by atoms with Crippen LogP contribution < -0.4 is 0 Å². The van der Waals surface area contributed by atoms with Crippen LogP contribution in [0, 0.1) is 0 Å². The Balaban J connectivity index is 1.89. The molecule has 3 aromatic carbocycles. The van der Waals surface area contributed by atoms with Crippen LogP contribution in [0.2, 0.25) is 0 Å². The van der Waals surface area contributed by atoms with E-state index >= 15 is 0 Å². The van der Waals surface area contributed by atoms with E-state index in [1.54, 1.807) is 0 Å².